The third-order valence-corrected chi connectivity index (χ3v) is 3.33. The predicted octanol–water partition coefficient (Wildman–Crippen LogP) is 3.00. The van der Waals surface area contributed by atoms with Gasteiger partial charge in [-0.05, 0) is 30.7 Å². The van der Waals surface area contributed by atoms with Crippen molar-refractivity contribution in [2.24, 2.45) is 5.92 Å². The summed E-state index contributed by atoms with van der Waals surface area (Å²) in [6, 6.07) is 5.47. The van der Waals surface area contributed by atoms with Crippen LogP contribution in [0.15, 0.2) is 24.3 Å². The van der Waals surface area contributed by atoms with Gasteiger partial charge >= 0.3 is 6.18 Å². The molecule has 0 radical (unpaired) electrons. The van der Waals surface area contributed by atoms with Gasteiger partial charge in [0.05, 0.1) is 12.2 Å². The molecule has 0 bridgehead atoms. The monoisotopic (exact) mass is 259 g/mol. The zero-order valence-electron chi connectivity index (χ0n) is 10.1. The van der Waals surface area contributed by atoms with Gasteiger partial charge in [-0.3, -0.25) is 0 Å². The van der Waals surface area contributed by atoms with Gasteiger partial charge in [-0.25, -0.2) is 0 Å². The lowest BCUT2D eigenvalue weighted by molar-refractivity contribution is -0.137. The van der Waals surface area contributed by atoms with E-state index in [4.69, 9.17) is 4.74 Å². The highest BCUT2D eigenvalue weighted by molar-refractivity contribution is 5.27. The first-order valence-corrected chi connectivity index (χ1v) is 5.92. The summed E-state index contributed by atoms with van der Waals surface area (Å²) < 4.78 is 42.5. The zero-order valence-corrected chi connectivity index (χ0v) is 10.1. The number of halogens is 3. The van der Waals surface area contributed by atoms with Crippen molar-refractivity contribution >= 4 is 0 Å². The van der Waals surface area contributed by atoms with Gasteiger partial charge in [0, 0.05) is 19.1 Å². The van der Waals surface area contributed by atoms with Gasteiger partial charge in [0.2, 0.25) is 0 Å². The summed E-state index contributed by atoms with van der Waals surface area (Å²) in [4.78, 5) is 0. The summed E-state index contributed by atoms with van der Waals surface area (Å²) >= 11 is 0. The summed E-state index contributed by atoms with van der Waals surface area (Å²) in [7, 11) is 1.64. The molecule has 2 rings (SSSR count). The highest BCUT2D eigenvalue weighted by atomic mass is 19.4. The molecule has 2 atom stereocenters. The lowest BCUT2D eigenvalue weighted by atomic mass is 9.94. The predicted molar refractivity (Wildman–Crippen MR) is 62.2 cm³/mol. The Kier molecular flexibility index (Phi) is 3.92. The summed E-state index contributed by atoms with van der Waals surface area (Å²) in [5.74, 6) is 0.326. The molecule has 1 fully saturated rings. The lowest BCUT2D eigenvalue weighted by Crippen LogP contribution is -2.20. The Labute approximate surface area is 104 Å². The van der Waals surface area contributed by atoms with Crippen molar-refractivity contribution in [1.29, 1.82) is 0 Å². The molecule has 100 valence electrons. The molecule has 2 unspecified atom stereocenters. The highest BCUT2D eigenvalue weighted by Crippen LogP contribution is 2.33. The SMILES string of the molecule is COCC1CCNC1c1ccc(C(F)(F)F)cc1. The molecule has 0 saturated carbocycles. The van der Waals surface area contributed by atoms with Gasteiger partial charge in [0.25, 0.3) is 0 Å². The van der Waals surface area contributed by atoms with E-state index in [1.165, 1.54) is 0 Å². The average molecular weight is 259 g/mol. The number of hydrogen-bond donors (Lipinski definition) is 1. The van der Waals surface area contributed by atoms with Crippen LogP contribution in [0.4, 0.5) is 13.2 Å². The third-order valence-electron chi connectivity index (χ3n) is 3.33. The summed E-state index contributed by atoms with van der Waals surface area (Å²) in [5.41, 5.74) is 0.287. The Morgan fingerprint density at radius 3 is 2.50 bits per heavy atom. The Morgan fingerprint density at radius 1 is 1.28 bits per heavy atom. The van der Waals surface area contributed by atoms with E-state index in [1.807, 2.05) is 0 Å². The average Bonchev–Trinajstić information content (AvgIpc) is 2.77. The number of methoxy groups -OCH3 is 1. The van der Waals surface area contributed by atoms with Crippen LogP contribution < -0.4 is 5.32 Å². The van der Waals surface area contributed by atoms with Crippen LogP contribution in [0.2, 0.25) is 0 Å². The molecular weight excluding hydrogens is 243 g/mol. The molecular formula is C13H16F3NO. The standard InChI is InChI=1S/C13H16F3NO/c1-18-8-10-6-7-17-12(10)9-2-4-11(5-3-9)13(14,15)16/h2-5,10,12,17H,6-8H2,1H3. The van der Waals surface area contributed by atoms with Crippen LogP contribution in [0.3, 0.4) is 0 Å². The second kappa shape index (κ2) is 5.28. The fraction of sp³-hybridized carbons (Fsp3) is 0.538. The van der Waals surface area contributed by atoms with Crippen molar-refractivity contribution in [3.05, 3.63) is 35.4 Å². The topological polar surface area (TPSA) is 21.3 Å². The molecule has 2 nitrogen and oxygen atoms in total. The van der Waals surface area contributed by atoms with Gasteiger partial charge in [-0.15, -0.1) is 0 Å². The van der Waals surface area contributed by atoms with Crippen molar-refractivity contribution in [2.75, 3.05) is 20.3 Å². The van der Waals surface area contributed by atoms with Crippen LogP contribution in [-0.4, -0.2) is 20.3 Å². The molecule has 1 aromatic rings. The molecule has 18 heavy (non-hydrogen) atoms. The molecule has 1 aliphatic heterocycles. The Balaban J connectivity index is 2.14. The van der Waals surface area contributed by atoms with E-state index in [0.717, 1.165) is 30.7 Å². The quantitative estimate of drug-likeness (QED) is 0.901. The first-order valence-electron chi connectivity index (χ1n) is 5.92. The zero-order chi connectivity index (χ0) is 13.2. The van der Waals surface area contributed by atoms with Gasteiger partial charge < -0.3 is 10.1 Å². The molecule has 1 N–H and O–H groups in total. The van der Waals surface area contributed by atoms with Crippen LogP contribution in [0, 0.1) is 5.92 Å². The van der Waals surface area contributed by atoms with Gasteiger partial charge in [-0.1, -0.05) is 12.1 Å². The highest BCUT2D eigenvalue weighted by Gasteiger charge is 2.32. The second-order valence-electron chi connectivity index (χ2n) is 4.56. The molecule has 5 heteroatoms. The van der Waals surface area contributed by atoms with Crippen LogP contribution in [0.25, 0.3) is 0 Å². The van der Waals surface area contributed by atoms with Crippen LogP contribution in [0.1, 0.15) is 23.6 Å². The Morgan fingerprint density at radius 2 is 1.94 bits per heavy atom. The number of nitrogens with one attached hydrogen (secondary N) is 1. The molecule has 1 saturated heterocycles. The van der Waals surface area contributed by atoms with Crippen LogP contribution in [0.5, 0.6) is 0 Å². The maximum absolute atomic E-state index is 12.5. The van der Waals surface area contributed by atoms with Crippen molar-refractivity contribution in [3.8, 4) is 0 Å². The van der Waals surface area contributed by atoms with Crippen LogP contribution >= 0.6 is 0 Å². The fourth-order valence-electron chi connectivity index (χ4n) is 2.42. The first kappa shape index (κ1) is 13.4. The Hall–Kier alpha value is -1.07. The van der Waals surface area contributed by atoms with E-state index < -0.39 is 11.7 Å². The summed E-state index contributed by atoms with van der Waals surface area (Å²) in [6.45, 7) is 1.50. The molecule has 0 aliphatic carbocycles. The smallest absolute Gasteiger partial charge is 0.384 e. The number of ether oxygens (including phenoxy) is 1. The van der Waals surface area contributed by atoms with Crippen LogP contribution in [-0.2, 0) is 10.9 Å². The minimum absolute atomic E-state index is 0.0900. The van der Waals surface area contributed by atoms with Gasteiger partial charge in [-0.2, -0.15) is 13.2 Å². The first-order chi connectivity index (χ1) is 8.52. The fourth-order valence-corrected chi connectivity index (χ4v) is 2.42. The maximum atomic E-state index is 12.5. The van der Waals surface area contributed by atoms with E-state index >= 15 is 0 Å². The molecule has 0 aromatic heterocycles. The molecule has 1 aliphatic rings. The van der Waals surface area contributed by atoms with E-state index in [1.54, 1.807) is 19.2 Å². The molecule has 1 aromatic carbocycles. The molecule has 1 heterocycles. The minimum atomic E-state index is -4.27. The normalized spacial score (nSPS) is 24.4. The van der Waals surface area contributed by atoms with Crippen molar-refractivity contribution in [2.45, 2.75) is 18.6 Å². The lowest BCUT2D eigenvalue weighted by Gasteiger charge is -2.19. The number of rotatable bonds is 3. The van der Waals surface area contributed by atoms with Crippen molar-refractivity contribution in [1.82, 2.24) is 5.32 Å². The number of hydrogen-bond acceptors (Lipinski definition) is 2. The third kappa shape index (κ3) is 2.84. The Bertz CT molecular complexity index is 388. The molecule has 0 spiro atoms. The molecule has 0 amide bonds. The summed E-state index contributed by atoms with van der Waals surface area (Å²) in [5, 5.41) is 3.30. The van der Waals surface area contributed by atoms with E-state index in [9.17, 15) is 13.2 Å². The second-order valence-corrected chi connectivity index (χ2v) is 4.56. The number of alkyl halides is 3. The maximum Gasteiger partial charge on any atom is 0.416 e. The largest absolute Gasteiger partial charge is 0.416 e. The van der Waals surface area contributed by atoms with E-state index in [-0.39, 0.29) is 6.04 Å². The summed E-state index contributed by atoms with van der Waals surface area (Å²) in [6.07, 6.45) is -3.28. The van der Waals surface area contributed by atoms with E-state index in [0.29, 0.717) is 12.5 Å². The van der Waals surface area contributed by atoms with E-state index in [2.05, 4.69) is 5.32 Å². The number of benzene rings is 1. The van der Waals surface area contributed by atoms with Crippen molar-refractivity contribution in [3.63, 3.8) is 0 Å². The van der Waals surface area contributed by atoms with Gasteiger partial charge in [0.1, 0.15) is 0 Å². The van der Waals surface area contributed by atoms with Gasteiger partial charge in [0.15, 0.2) is 0 Å². The van der Waals surface area contributed by atoms with Crippen molar-refractivity contribution < 1.29 is 17.9 Å². The minimum Gasteiger partial charge on any atom is -0.384 e.